The van der Waals surface area contributed by atoms with Crippen molar-refractivity contribution in [1.29, 1.82) is 0 Å². The van der Waals surface area contributed by atoms with Gasteiger partial charge in [-0.25, -0.2) is 4.79 Å². The van der Waals surface area contributed by atoms with Gasteiger partial charge in [-0.05, 0) is 43.3 Å². The molecule has 28 heavy (non-hydrogen) atoms. The lowest BCUT2D eigenvalue weighted by Crippen LogP contribution is -2.31. The number of benzene rings is 2. The topological polar surface area (TPSA) is 89.7 Å². The minimum absolute atomic E-state index is 0.172. The van der Waals surface area contributed by atoms with E-state index in [1.54, 1.807) is 26.3 Å². The summed E-state index contributed by atoms with van der Waals surface area (Å²) in [6, 6.07) is 14.3. The summed E-state index contributed by atoms with van der Waals surface area (Å²) in [7, 11) is 3.20. The average molecular weight is 382 g/mol. The molecule has 1 N–H and O–H groups in total. The number of hydrogen-bond donors (Lipinski definition) is 1. The second-order valence-electron chi connectivity index (χ2n) is 5.96. The third-order valence-electron chi connectivity index (χ3n) is 3.96. The number of ether oxygens (including phenoxy) is 2. The van der Waals surface area contributed by atoms with Crippen LogP contribution in [0, 0.1) is 0 Å². The summed E-state index contributed by atoms with van der Waals surface area (Å²) < 4.78 is 15.9. The Hall–Kier alpha value is -3.55. The van der Waals surface area contributed by atoms with Crippen LogP contribution in [0.25, 0.3) is 11.4 Å². The SMILES string of the molecule is CCOc1ccc(-c2noc(CN(C)C(=O)Nc3ccccc3OC)n2)cc1. The van der Waals surface area contributed by atoms with Crippen LogP contribution in [0.3, 0.4) is 0 Å². The fourth-order valence-corrected chi connectivity index (χ4v) is 2.54. The Bertz CT molecular complexity index is 924. The van der Waals surface area contributed by atoms with E-state index in [0.717, 1.165) is 11.3 Å². The van der Waals surface area contributed by atoms with Crippen molar-refractivity contribution in [3.05, 3.63) is 54.4 Å². The molecule has 2 amide bonds. The largest absolute Gasteiger partial charge is 0.495 e. The maximum Gasteiger partial charge on any atom is 0.322 e. The first-order valence-corrected chi connectivity index (χ1v) is 8.81. The molecule has 0 bridgehead atoms. The first-order valence-electron chi connectivity index (χ1n) is 8.81. The number of amides is 2. The van der Waals surface area contributed by atoms with Gasteiger partial charge in [0.25, 0.3) is 0 Å². The number of carbonyl (C=O) groups is 1. The lowest BCUT2D eigenvalue weighted by Gasteiger charge is -2.17. The number of nitrogens with one attached hydrogen (secondary N) is 1. The van der Waals surface area contributed by atoms with Gasteiger partial charge in [0.1, 0.15) is 18.0 Å². The Labute approximate surface area is 163 Å². The second-order valence-corrected chi connectivity index (χ2v) is 5.96. The molecule has 146 valence electrons. The molecule has 0 saturated heterocycles. The van der Waals surface area contributed by atoms with E-state index in [0.29, 0.717) is 29.8 Å². The molecule has 0 spiro atoms. The van der Waals surface area contributed by atoms with Crippen LogP contribution < -0.4 is 14.8 Å². The first-order chi connectivity index (χ1) is 13.6. The van der Waals surface area contributed by atoms with Crippen LogP contribution in [-0.4, -0.2) is 41.8 Å². The third kappa shape index (κ3) is 4.59. The molecule has 0 aliphatic carbocycles. The van der Waals surface area contributed by atoms with Crippen LogP contribution in [0.15, 0.2) is 53.1 Å². The maximum absolute atomic E-state index is 12.4. The van der Waals surface area contributed by atoms with Gasteiger partial charge in [-0.15, -0.1) is 0 Å². The number of aromatic nitrogens is 2. The number of carbonyl (C=O) groups excluding carboxylic acids is 1. The van der Waals surface area contributed by atoms with E-state index in [1.165, 1.54) is 4.90 Å². The number of hydrogen-bond acceptors (Lipinski definition) is 6. The van der Waals surface area contributed by atoms with Crippen molar-refractivity contribution in [2.24, 2.45) is 0 Å². The lowest BCUT2D eigenvalue weighted by molar-refractivity contribution is 0.213. The van der Waals surface area contributed by atoms with Crippen molar-refractivity contribution in [2.75, 3.05) is 26.1 Å². The van der Waals surface area contributed by atoms with Crippen LogP contribution in [0.2, 0.25) is 0 Å². The van der Waals surface area contributed by atoms with Gasteiger partial charge in [-0.2, -0.15) is 4.98 Å². The third-order valence-corrected chi connectivity index (χ3v) is 3.96. The molecule has 8 heteroatoms. The fraction of sp³-hybridized carbons (Fsp3) is 0.250. The number of urea groups is 1. The summed E-state index contributed by atoms with van der Waals surface area (Å²) in [4.78, 5) is 18.2. The van der Waals surface area contributed by atoms with Gasteiger partial charge in [-0.3, -0.25) is 0 Å². The van der Waals surface area contributed by atoms with Gasteiger partial charge in [-0.1, -0.05) is 17.3 Å². The van der Waals surface area contributed by atoms with Gasteiger partial charge in [0.05, 0.1) is 19.4 Å². The van der Waals surface area contributed by atoms with Crippen molar-refractivity contribution in [3.8, 4) is 22.9 Å². The molecule has 0 atom stereocenters. The highest BCUT2D eigenvalue weighted by atomic mass is 16.5. The molecule has 0 aliphatic heterocycles. The Kier molecular flexibility index (Phi) is 6.11. The molecule has 8 nitrogen and oxygen atoms in total. The zero-order chi connectivity index (χ0) is 19.9. The second kappa shape index (κ2) is 8.90. The number of rotatable bonds is 7. The molecule has 3 aromatic rings. The molecule has 2 aromatic carbocycles. The van der Waals surface area contributed by atoms with Gasteiger partial charge in [0.2, 0.25) is 11.7 Å². The molecule has 1 aromatic heterocycles. The molecule has 0 radical (unpaired) electrons. The maximum atomic E-state index is 12.4. The van der Waals surface area contributed by atoms with Crippen LogP contribution in [0.1, 0.15) is 12.8 Å². The molecule has 0 saturated carbocycles. The first kappa shape index (κ1) is 19.2. The standard InChI is InChI=1S/C20H22N4O4/c1-4-27-15-11-9-14(10-12-15)19-22-18(28-23-19)13-24(2)20(25)21-16-7-5-6-8-17(16)26-3/h5-12H,4,13H2,1-3H3,(H,21,25). The summed E-state index contributed by atoms with van der Waals surface area (Å²) in [5.41, 5.74) is 1.39. The predicted octanol–water partition coefficient (Wildman–Crippen LogP) is 3.81. The summed E-state index contributed by atoms with van der Waals surface area (Å²) in [6.07, 6.45) is 0. The molecular formula is C20H22N4O4. The monoisotopic (exact) mass is 382 g/mol. The summed E-state index contributed by atoms with van der Waals surface area (Å²) in [5, 5.41) is 6.78. The van der Waals surface area contributed by atoms with E-state index in [4.69, 9.17) is 14.0 Å². The van der Waals surface area contributed by atoms with E-state index < -0.39 is 0 Å². The molecule has 1 heterocycles. The van der Waals surface area contributed by atoms with Crippen molar-refractivity contribution < 1.29 is 18.8 Å². The number of para-hydroxylation sites is 2. The average Bonchev–Trinajstić information content (AvgIpc) is 3.17. The van der Waals surface area contributed by atoms with Crippen molar-refractivity contribution in [3.63, 3.8) is 0 Å². The minimum Gasteiger partial charge on any atom is -0.495 e. The lowest BCUT2D eigenvalue weighted by atomic mass is 10.2. The van der Waals surface area contributed by atoms with Crippen LogP contribution in [0.4, 0.5) is 10.5 Å². The fourth-order valence-electron chi connectivity index (χ4n) is 2.54. The summed E-state index contributed by atoms with van der Waals surface area (Å²) >= 11 is 0. The molecule has 0 aliphatic rings. The Morgan fingerprint density at radius 1 is 1.18 bits per heavy atom. The van der Waals surface area contributed by atoms with E-state index in [2.05, 4.69) is 15.5 Å². The molecule has 0 fully saturated rings. The quantitative estimate of drug-likeness (QED) is 0.668. The molecule has 3 rings (SSSR count). The Morgan fingerprint density at radius 3 is 2.64 bits per heavy atom. The zero-order valence-electron chi connectivity index (χ0n) is 16.0. The molecule has 0 unspecified atom stereocenters. The number of methoxy groups -OCH3 is 1. The van der Waals surface area contributed by atoms with E-state index in [1.807, 2.05) is 43.3 Å². The zero-order valence-corrected chi connectivity index (χ0v) is 16.0. The normalized spacial score (nSPS) is 10.4. The minimum atomic E-state index is -0.315. The highest BCUT2D eigenvalue weighted by Gasteiger charge is 2.16. The Morgan fingerprint density at radius 2 is 1.93 bits per heavy atom. The predicted molar refractivity (Wildman–Crippen MR) is 104 cm³/mol. The van der Waals surface area contributed by atoms with Gasteiger partial charge < -0.3 is 24.2 Å². The van der Waals surface area contributed by atoms with E-state index in [-0.39, 0.29) is 12.6 Å². The van der Waals surface area contributed by atoms with Crippen molar-refractivity contribution in [2.45, 2.75) is 13.5 Å². The van der Waals surface area contributed by atoms with Crippen molar-refractivity contribution in [1.82, 2.24) is 15.0 Å². The van der Waals surface area contributed by atoms with Crippen molar-refractivity contribution >= 4 is 11.7 Å². The summed E-state index contributed by atoms with van der Waals surface area (Å²) in [5.74, 6) is 2.15. The highest BCUT2D eigenvalue weighted by Crippen LogP contribution is 2.24. The smallest absolute Gasteiger partial charge is 0.322 e. The van der Waals surface area contributed by atoms with Crippen LogP contribution in [0.5, 0.6) is 11.5 Å². The van der Waals surface area contributed by atoms with Gasteiger partial charge in [0.15, 0.2) is 0 Å². The highest BCUT2D eigenvalue weighted by molar-refractivity contribution is 5.90. The van der Waals surface area contributed by atoms with Gasteiger partial charge in [0, 0.05) is 12.6 Å². The Balaban J connectivity index is 1.63. The molecular weight excluding hydrogens is 360 g/mol. The number of nitrogens with zero attached hydrogens (tertiary/aromatic N) is 3. The van der Waals surface area contributed by atoms with E-state index in [9.17, 15) is 4.79 Å². The summed E-state index contributed by atoms with van der Waals surface area (Å²) in [6.45, 7) is 2.71. The van der Waals surface area contributed by atoms with E-state index >= 15 is 0 Å². The number of anilines is 1. The van der Waals surface area contributed by atoms with Crippen LogP contribution in [-0.2, 0) is 6.54 Å². The van der Waals surface area contributed by atoms with Crippen LogP contribution >= 0.6 is 0 Å². The van der Waals surface area contributed by atoms with Gasteiger partial charge >= 0.3 is 6.03 Å².